The fourth-order valence-corrected chi connectivity index (χ4v) is 3.92. The number of hydrogen-bond donors (Lipinski definition) is 0. The standard InChI is InChI=1S/C19H28N4O3Si/c1-5-21-8-6-15-16(21)12-20-13-17(15)22-9-7-18(24)23(19(22)25)14-26-10-11-27(2,3)4/h6,8,12-13H,5,7,9-11,14H2,1-4H3. The Morgan fingerprint density at radius 2 is 2.00 bits per heavy atom. The topological polar surface area (TPSA) is 67.7 Å². The number of amides is 3. The molecule has 0 bridgehead atoms. The van der Waals surface area contributed by atoms with Crippen LogP contribution in [0, 0.1) is 0 Å². The van der Waals surface area contributed by atoms with Gasteiger partial charge in [0.25, 0.3) is 0 Å². The van der Waals surface area contributed by atoms with Crippen molar-refractivity contribution < 1.29 is 14.3 Å². The van der Waals surface area contributed by atoms with Crippen LogP contribution in [0.3, 0.4) is 0 Å². The van der Waals surface area contributed by atoms with E-state index in [1.807, 2.05) is 12.3 Å². The highest BCUT2D eigenvalue weighted by Gasteiger charge is 2.34. The zero-order valence-corrected chi connectivity index (χ0v) is 17.6. The molecule has 1 aliphatic heterocycles. The van der Waals surface area contributed by atoms with E-state index in [9.17, 15) is 9.59 Å². The first-order valence-electron chi connectivity index (χ1n) is 9.44. The second-order valence-electron chi connectivity index (χ2n) is 8.05. The molecule has 2 aromatic heterocycles. The molecule has 0 atom stereocenters. The fraction of sp³-hybridized carbons (Fsp3) is 0.526. The number of pyridine rings is 1. The number of aromatic nitrogens is 2. The van der Waals surface area contributed by atoms with Crippen LogP contribution in [0.2, 0.25) is 25.7 Å². The summed E-state index contributed by atoms with van der Waals surface area (Å²) in [6.45, 7) is 10.7. The van der Waals surface area contributed by atoms with Crippen LogP contribution in [-0.4, -0.2) is 54.3 Å². The SMILES string of the molecule is CCn1ccc2c(N3CCC(=O)N(COCC[Si](C)(C)C)C3=O)cncc21. The van der Waals surface area contributed by atoms with Gasteiger partial charge in [0.15, 0.2) is 0 Å². The average Bonchev–Trinajstić information content (AvgIpc) is 3.03. The van der Waals surface area contributed by atoms with Crippen LogP contribution in [0.25, 0.3) is 10.9 Å². The lowest BCUT2D eigenvalue weighted by Crippen LogP contribution is -2.53. The van der Waals surface area contributed by atoms with E-state index in [-0.39, 0.29) is 25.1 Å². The third-order valence-electron chi connectivity index (χ3n) is 4.84. The molecule has 0 aliphatic carbocycles. The van der Waals surface area contributed by atoms with Crippen LogP contribution in [0.5, 0.6) is 0 Å². The Kier molecular flexibility index (Phi) is 5.66. The van der Waals surface area contributed by atoms with E-state index in [1.54, 1.807) is 17.3 Å². The predicted molar refractivity (Wildman–Crippen MR) is 109 cm³/mol. The van der Waals surface area contributed by atoms with E-state index >= 15 is 0 Å². The first-order chi connectivity index (χ1) is 12.8. The fourth-order valence-electron chi connectivity index (χ4n) is 3.16. The Bertz CT molecular complexity index is 843. The molecule has 7 nitrogen and oxygen atoms in total. The molecule has 27 heavy (non-hydrogen) atoms. The lowest BCUT2D eigenvalue weighted by molar-refractivity contribution is -0.133. The van der Waals surface area contributed by atoms with Crippen LogP contribution in [0.15, 0.2) is 24.7 Å². The van der Waals surface area contributed by atoms with Gasteiger partial charge in [0.2, 0.25) is 5.91 Å². The van der Waals surface area contributed by atoms with Crippen molar-refractivity contribution in [3.8, 4) is 0 Å². The van der Waals surface area contributed by atoms with Gasteiger partial charge < -0.3 is 9.30 Å². The Morgan fingerprint density at radius 1 is 1.22 bits per heavy atom. The van der Waals surface area contributed by atoms with Gasteiger partial charge in [-0.15, -0.1) is 0 Å². The van der Waals surface area contributed by atoms with Crippen molar-refractivity contribution in [3.63, 3.8) is 0 Å². The van der Waals surface area contributed by atoms with Crippen molar-refractivity contribution in [2.45, 2.75) is 45.6 Å². The molecule has 0 unspecified atom stereocenters. The number of carbonyl (C=O) groups excluding carboxylic acids is 2. The second-order valence-corrected chi connectivity index (χ2v) is 13.7. The van der Waals surface area contributed by atoms with Crippen molar-refractivity contribution in [2.24, 2.45) is 0 Å². The van der Waals surface area contributed by atoms with E-state index in [4.69, 9.17) is 4.74 Å². The summed E-state index contributed by atoms with van der Waals surface area (Å²) in [7, 11) is -1.21. The molecule has 3 rings (SSSR count). The van der Waals surface area contributed by atoms with Crippen LogP contribution in [-0.2, 0) is 16.1 Å². The van der Waals surface area contributed by atoms with Gasteiger partial charge in [-0.05, 0) is 19.0 Å². The number of aryl methyl sites for hydroxylation is 1. The number of anilines is 1. The summed E-state index contributed by atoms with van der Waals surface area (Å²) >= 11 is 0. The van der Waals surface area contributed by atoms with E-state index < -0.39 is 8.07 Å². The number of carbonyl (C=O) groups is 2. The monoisotopic (exact) mass is 388 g/mol. The number of imide groups is 1. The van der Waals surface area contributed by atoms with Crippen LogP contribution < -0.4 is 4.90 Å². The lowest BCUT2D eigenvalue weighted by Gasteiger charge is -2.34. The summed E-state index contributed by atoms with van der Waals surface area (Å²) in [5, 5.41) is 0.967. The van der Waals surface area contributed by atoms with E-state index in [2.05, 4.69) is 36.1 Å². The number of nitrogens with zero attached hydrogens (tertiary/aromatic N) is 4. The van der Waals surface area contributed by atoms with Crippen LogP contribution in [0.1, 0.15) is 13.3 Å². The van der Waals surface area contributed by atoms with Gasteiger partial charge in [0, 0.05) is 45.8 Å². The summed E-state index contributed by atoms with van der Waals surface area (Å²) in [4.78, 5) is 32.4. The first-order valence-corrected chi connectivity index (χ1v) is 13.1. The highest BCUT2D eigenvalue weighted by molar-refractivity contribution is 6.76. The smallest absolute Gasteiger partial charge is 0.333 e. The van der Waals surface area contributed by atoms with Gasteiger partial charge in [0.1, 0.15) is 6.73 Å². The molecule has 146 valence electrons. The summed E-state index contributed by atoms with van der Waals surface area (Å²) in [6.07, 6.45) is 5.78. The zero-order chi connectivity index (χ0) is 19.6. The second kappa shape index (κ2) is 7.81. The van der Waals surface area contributed by atoms with E-state index in [0.29, 0.717) is 13.2 Å². The summed E-state index contributed by atoms with van der Waals surface area (Å²) in [5.41, 5.74) is 1.72. The van der Waals surface area contributed by atoms with Crippen molar-refractivity contribution in [1.82, 2.24) is 14.5 Å². The molecule has 8 heteroatoms. The van der Waals surface area contributed by atoms with E-state index in [1.165, 1.54) is 4.90 Å². The molecule has 3 heterocycles. The summed E-state index contributed by atoms with van der Waals surface area (Å²) < 4.78 is 7.74. The first kappa shape index (κ1) is 19.6. The molecule has 0 radical (unpaired) electrons. The Morgan fingerprint density at radius 3 is 2.70 bits per heavy atom. The van der Waals surface area contributed by atoms with Crippen LogP contribution in [0.4, 0.5) is 10.5 Å². The molecule has 3 amide bonds. The van der Waals surface area contributed by atoms with E-state index in [0.717, 1.165) is 29.2 Å². The quantitative estimate of drug-likeness (QED) is 0.537. The molecular formula is C19H28N4O3Si. The van der Waals surface area contributed by atoms with Crippen LogP contribution >= 0.6 is 0 Å². The van der Waals surface area contributed by atoms with Gasteiger partial charge >= 0.3 is 6.03 Å². The molecule has 0 N–H and O–H groups in total. The molecule has 0 saturated carbocycles. The maximum atomic E-state index is 13.0. The molecule has 1 saturated heterocycles. The number of rotatable bonds is 7. The average molecular weight is 389 g/mol. The zero-order valence-electron chi connectivity index (χ0n) is 16.6. The van der Waals surface area contributed by atoms with Gasteiger partial charge in [0.05, 0.1) is 23.6 Å². The molecule has 0 spiro atoms. The Labute approximate surface area is 160 Å². The highest BCUT2D eigenvalue weighted by Crippen LogP contribution is 2.29. The van der Waals surface area contributed by atoms with Crippen molar-refractivity contribution in [1.29, 1.82) is 0 Å². The maximum absolute atomic E-state index is 13.0. The largest absolute Gasteiger partial charge is 0.361 e. The summed E-state index contributed by atoms with van der Waals surface area (Å²) in [5.74, 6) is -0.185. The number of hydrogen-bond acceptors (Lipinski definition) is 4. The summed E-state index contributed by atoms with van der Waals surface area (Å²) in [6, 6.07) is 2.66. The Hall–Kier alpha value is -2.19. The highest BCUT2D eigenvalue weighted by atomic mass is 28.3. The maximum Gasteiger partial charge on any atom is 0.333 e. The van der Waals surface area contributed by atoms with Crippen molar-refractivity contribution >= 4 is 36.6 Å². The molecule has 0 aromatic carbocycles. The minimum absolute atomic E-state index is 0.0119. The van der Waals surface area contributed by atoms with Gasteiger partial charge in [-0.25, -0.2) is 9.69 Å². The van der Waals surface area contributed by atoms with Gasteiger partial charge in [-0.2, -0.15) is 0 Å². The molecule has 1 aliphatic rings. The third kappa shape index (κ3) is 4.22. The predicted octanol–water partition coefficient (Wildman–Crippen LogP) is 3.53. The minimum atomic E-state index is -1.21. The normalized spacial score (nSPS) is 15.9. The molecule has 2 aromatic rings. The van der Waals surface area contributed by atoms with Crippen molar-refractivity contribution in [3.05, 3.63) is 24.7 Å². The Balaban J connectivity index is 1.77. The van der Waals surface area contributed by atoms with Gasteiger partial charge in [-0.1, -0.05) is 19.6 Å². The number of ether oxygens (including phenoxy) is 1. The minimum Gasteiger partial charge on any atom is -0.361 e. The van der Waals surface area contributed by atoms with Crippen molar-refractivity contribution in [2.75, 3.05) is 24.8 Å². The third-order valence-corrected chi connectivity index (χ3v) is 6.54. The molecular weight excluding hydrogens is 360 g/mol. The van der Waals surface area contributed by atoms with Gasteiger partial charge in [-0.3, -0.25) is 14.7 Å². The lowest BCUT2D eigenvalue weighted by atomic mass is 10.2. The number of fused-ring (bicyclic) bond motifs is 1. The molecule has 1 fully saturated rings. The number of urea groups is 1.